The van der Waals surface area contributed by atoms with E-state index in [1.165, 1.54) is 11.3 Å². The van der Waals surface area contributed by atoms with Crippen molar-refractivity contribution in [1.82, 2.24) is 0 Å². The van der Waals surface area contributed by atoms with Gasteiger partial charge in [0.15, 0.2) is 0 Å². The highest BCUT2D eigenvalue weighted by molar-refractivity contribution is 7.16. The van der Waals surface area contributed by atoms with Gasteiger partial charge in [-0.3, -0.25) is 4.79 Å². The molecule has 142 valence electrons. The average molecular weight is 385 g/mol. The van der Waals surface area contributed by atoms with Crippen LogP contribution in [-0.4, -0.2) is 24.7 Å². The van der Waals surface area contributed by atoms with Gasteiger partial charge in [0.2, 0.25) is 5.91 Å². The molecule has 0 fully saturated rings. The van der Waals surface area contributed by atoms with E-state index in [1.54, 1.807) is 7.11 Å². The summed E-state index contributed by atoms with van der Waals surface area (Å²) in [5, 5.41) is 22.6. The molecule has 2 unspecified atom stereocenters. The van der Waals surface area contributed by atoms with Crippen LogP contribution >= 0.6 is 11.3 Å². The Bertz CT molecular complexity index is 869. The van der Waals surface area contributed by atoms with E-state index < -0.39 is 0 Å². The second-order valence-electron chi connectivity index (χ2n) is 7.01. The number of fused-ring (bicyclic) bond motifs is 1. The number of hydrogen-bond acceptors (Lipinski definition) is 5. The van der Waals surface area contributed by atoms with Gasteiger partial charge >= 0.3 is 0 Å². The number of rotatable bonds is 6. The van der Waals surface area contributed by atoms with Crippen molar-refractivity contribution >= 4 is 22.2 Å². The van der Waals surface area contributed by atoms with Gasteiger partial charge in [0.1, 0.15) is 16.8 Å². The van der Waals surface area contributed by atoms with Gasteiger partial charge in [-0.1, -0.05) is 25.1 Å². The second-order valence-corrected chi connectivity index (χ2v) is 8.11. The van der Waals surface area contributed by atoms with Gasteiger partial charge in [-0.05, 0) is 48.3 Å². The maximum absolute atomic E-state index is 12.6. The van der Waals surface area contributed by atoms with Gasteiger partial charge < -0.3 is 15.2 Å². The fourth-order valence-corrected chi connectivity index (χ4v) is 4.98. The van der Waals surface area contributed by atoms with Crippen molar-refractivity contribution in [1.29, 1.82) is 5.26 Å². The average Bonchev–Trinajstić information content (AvgIpc) is 3.03. The minimum Gasteiger partial charge on any atom is -0.496 e. The van der Waals surface area contributed by atoms with Crippen LogP contribution < -0.4 is 10.1 Å². The Morgan fingerprint density at radius 2 is 2.26 bits per heavy atom. The van der Waals surface area contributed by atoms with Crippen LogP contribution in [-0.2, 0) is 17.6 Å². The van der Waals surface area contributed by atoms with E-state index in [1.807, 2.05) is 31.2 Å². The maximum atomic E-state index is 12.6. The number of nitriles is 1. The SMILES string of the molecule is COc1ccccc1C(C)CC(=O)Nc1sc2c(c1C#N)CCC(CO)C2. The zero-order valence-corrected chi connectivity index (χ0v) is 16.4. The van der Waals surface area contributed by atoms with Crippen LogP contribution in [0.5, 0.6) is 5.75 Å². The van der Waals surface area contributed by atoms with Crippen LogP contribution in [0.3, 0.4) is 0 Å². The van der Waals surface area contributed by atoms with Crippen LogP contribution in [0.15, 0.2) is 24.3 Å². The minimum absolute atomic E-state index is 0.0000386. The number of benzene rings is 1. The van der Waals surface area contributed by atoms with E-state index in [2.05, 4.69) is 11.4 Å². The number of anilines is 1. The van der Waals surface area contributed by atoms with Crippen molar-refractivity contribution in [2.75, 3.05) is 19.0 Å². The van der Waals surface area contributed by atoms with E-state index >= 15 is 0 Å². The number of carbonyl (C=O) groups is 1. The van der Waals surface area contributed by atoms with Crippen molar-refractivity contribution in [3.63, 3.8) is 0 Å². The minimum atomic E-state index is -0.109. The fourth-order valence-electron chi connectivity index (χ4n) is 3.66. The summed E-state index contributed by atoms with van der Waals surface area (Å²) >= 11 is 1.47. The molecule has 1 aromatic heterocycles. The maximum Gasteiger partial charge on any atom is 0.225 e. The molecule has 1 aliphatic carbocycles. The Morgan fingerprint density at radius 1 is 1.48 bits per heavy atom. The highest BCUT2D eigenvalue weighted by atomic mass is 32.1. The summed E-state index contributed by atoms with van der Waals surface area (Å²) in [7, 11) is 1.63. The Labute approximate surface area is 163 Å². The number of ether oxygens (including phenoxy) is 1. The second kappa shape index (κ2) is 8.55. The normalized spacial score (nSPS) is 16.9. The third kappa shape index (κ3) is 4.15. The molecule has 1 aliphatic rings. The number of para-hydroxylation sites is 1. The smallest absolute Gasteiger partial charge is 0.225 e. The van der Waals surface area contributed by atoms with Crippen LogP contribution in [0, 0.1) is 17.2 Å². The first kappa shape index (κ1) is 19.4. The van der Waals surface area contributed by atoms with E-state index in [-0.39, 0.29) is 24.3 Å². The van der Waals surface area contributed by atoms with E-state index in [9.17, 15) is 15.2 Å². The molecule has 0 saturated carbocycles. The van der Waals surface area contributed by atoms with Gasteiger partial charge in [-0.15, -0.1) is 11.3 Å². The number of aliphatic hydroxyl groups is 1. The van der Waals surface area contributed by atoms with Crippen LogP contribution in [0.2, 0.25) is 0 Å². The standard InChI is InChI=1S/C21H24N2O3S/c1-13(15-5-3-4-6-18(15)26-2)9-20(25)23-21-17(11-22)16-8-7-14(12-24)10-19(16)27-21/h3-6,13-14,24H,7-10,12H2,1-2H3,(H,23,25). The molecule has 5 nitrogen and oxygen atoms in total. The van der Waals surface area contributed by atoms with Gasteiger partial charge in [-0.25, -0.2) is 0 Å². The number of amides is 1. The molecule has 1 amide bonds. The topological polar surface area (TPSA) is 82.3 Å². The number of carbonyl (C=O) groups excluding carboxylic acids is 1. The molecular weight excluding hydrogens is 360 g/mol. The summed E-state index contributed by atoms with van der Waals surface area (Å²) in [4.78, 5) is 13.7. The van der Waals surface area contributed by atoms with Crippen molar-refractivity contribution in [2.45, 2.75) is 38.5 Å². The van der Waals surface area contributed by atoms with E-state index in [4.69, 9.17) is 4.74 Å². The Morgan fingerprint density at radius 3 is 2.96 bits per heavy atom. The molecule has 6 heteroatoms. The molecular formula is C21H24N2O3S. The summed E-state index contributed by atoms with van der Waals surface area (Å²) < 4.78 is 5.39. The molecule has 0 aliphatic heterocycles. The van der Waals surface area contributed by atoms with Crippen LogP contribution in [0.4, 0.5) is 5.00 Å². The Hall–Kier alpha value is -2.36. The van der Waals surface area contributed by atoms with Gasteiger partial charge in [0, 0.05) is 17.9 Å². The summed E-state index contributed by atoms with van der Waals surface area (Å²) in [5.41, 5.74) is 2.62. The molecule has 1 aromatic carbocycles. The highest BCUT2D eigenvalue weighted by Gasteiger charge is 2.26. The van der Waals surface area contributed by atoms with Crippen LogP contribution in [0.1, 0.15) is 47.3 Å². The first-order valence-corrected chi connectivity index (χ1v) is 9.97. The molecule has 0 saturated heterocycles. The van der Waals surface area contributed by atoms with Crippen molar-refractivity contribution in [3.05, 3.63) is 45.8 Å². The Kier molecular flexibility index (Phi) is 6.15. The first-order valence-electron chi connectivity index (χ1n) is 9.15. The summed E-state index contributed by atoms with van der Waals surface area (Å²) in [5.74, 6) is 0.913. The molecule has 2 atom stereocenters. The summed E-state index contributed by atoms with van der Waals surface area (Å²) in [6.07, 6.45) is 2.76. The van der Waals surface area contributed by atoms with Gasteiger partial charge in [-0.2, -0.15) is 5.26 Å². The number of aliphatic hydroxyl groups excluding tert-OH is 1. The largest absolute Gasteiger partial charge is 0.496 e. The molecule has 3 rings (SSSR count). The van der Waals surface area contributed by atoms with Crippen molar-refractivity contribution in [2.24, 2.45) is 5.92 Å². The molecule has 0 bridgehead atoms. The lowest BCUT2D eigenvalue weighted by molar-refractivity contribution is -0.116. The van der Waals surface area contributed by atoms with Gasteiger partial charge in [0.25, 0.3) is 0 Å². The number of hydrogen-bond donors (Lipinski definition) is 2. The number of nitrogens with one attached hydrogen (secondary N) is 1. The third-order valence-corrected chi connectivity index (χ3v) is 6.32. The molecule has 0 spiro atoms. The number of nitrogens with zero attached hydrogens (tertiary/aromatic N) is 1. The lowest BCUT2D eigenvalue weighted by atomic mass is 9.88. The number of thiophene rings is 1. The van der Waals surface area contributed by atoms with Crippen LogP contribution in [0.25, 0.3) is 0 Å². The first-order chi connectivity index (χ1) is 13.1. The highest BCUT2D eigenvalue weighted by Crippen LogP contribution is 2.39. The lowest BCUT2D eigenvalue weighted by Crippen LogP contribution is -2.16. The molecule has 0 radical (unpaired) electrons. The molecule has 2 N–H and O–H groups in total. The predicted molar refractivity (Wildman–Crippen MR) is 106 cm³/mol. The van der Waals surface area contributed by atoms with E-state index in [0.29, 0.717) is 17.0 Å². The zero-order valence-electron chi connectivity index (χ0n) is 15.6. The predicted octanol–water partition coefficient (Wildman–Crippen LogP) is 3.86. The van der Waals surface area contributed by atoms with E-state index in [0.717, 1.165) is 41.0 Å². The van der Waals surface area contributed by atoms with Crippen molar-refractivity contribution < 1.29 is 14.6 Å². The molecule has 27 heavy (non-hydrogen) atoms. The van der Waals surface area contributed by atoms with Crippen molar-refractivity contribution in [3.8, 4) is 11.8 Å². The monoisotopic (exact) mass is 384 g/mol. The zero-order chi connectivity index (χ0) is 19.4. The third-order valence-electron chi connectivity index (χ3n) is 5.15. The van der Waals surface area contributed by atoms with Gasteiger partial charge in [0.05, 0.1) is 12.7 Å². The Balaban J connectivity index is 1.73. The molecule has 2 aromatic rings. The molecule has 1 heterocycles. The number of methoxy groups -OCH3 is 1. The summed E-state index contributed by atoms with van der Waals surface area (Å²) in [6.45, 7) is 2.16. The summed E-state index contributed by atoms with van der Waals surface area (Å²) in [6, 6.07) is 9.96. The fraction of sp³-hybridized carbons (Fsp3) is 0.429. The quantitative estimate of drug-likeness (QED) is 0.792. The lowest BCUT2D eigenvalue weighted by Gasteiger charge is -2.19.